The third-order valence-electron chi connectivity index (χ3n) is 2.37. The van der Waals surface area contributed by atoms with Crippen molar-refractivity contribution in [2.75, 3.05) is 14.2 Å². The van der Waals surface area contributed by atoms with Gasteiger partial charge in [-0.2, -0.15) is 0 Å². The molecule has 96 valence electrons. The van der Waals surface area contributed by atoms with Crippen LogP contribution in [0.2, 0.25) is 0 Å². The van der Waals surface area contributed by atoms with Crippen molar-refractivity contribution in [1.29, 1.82) is 0 Å². The van der Waals surface area contributed by atoms with Crippen LogP contribution < -0.4 is 15.2 Å². The lowest BCUT2D eigenvalue weighted by Crippen LogP contribution is -2.10. The predicted octanol–water partition coefficient (Wildman–Crippen LogP) is 3.09. The number of rotatable bonds is 5. The Morgan fingerprint density at radius 3 is 2.06 bits per heavy atom. The molecular weight excluding hydrogens is 238 g/mol. The molecule has 0 aliphatic carbocycles. The van der Waals surface area contributed by atoms with Crippen molar-refractivity contribution in [3.63, 3.8) is 0 Å². The second-order valence-corrected chi connectivity index (χ2v) is 3.91. The molecule has 0 saturated carbocycles. The minimum absolute atomic E-state index is 0. The molecule has 0 fully saturated rings. The van der Waals surface area contributed by atoms with E-state index in [4.69, 9.17) is 15.2 Å². The molecule has 0 bridgehead atoms. The second-order valence-electron chi connectivity index (χ2n) is 3.91. The molecular formula is C13H20ClNO2. The van der Waals surface area contributed by atoms with Crippen molar-refractivity contribution in [1.82, 2.24) is 0 Å². The average Bonchev–Trinajstić information content (AvgIpc) is 2.27. The van der Waals surface area contributed by atoms with Crippen LogP contribution in [0.25, 0.3) is 0 Å². The van der Waals surface area contributed by atoms with Crippen LogP contribution >= 0.6 is 12.4 Å². The average molecular weight is 258 g/mol. The van der Waals surface area contributed by atoms with Crippen LogP contribution in [-0.2, 0) is 0 Å². The monoisotopic (exact) mass is 257 g/mol. The molecule has 1 aromatic carbocycles. The lowest BCUT2D eigenvalue weighted by Gasteiger charge is -2.14. The van der Waals surface area contributed by atoms with Crippen molar-refractivity contribution in [3.05, 3.63) is 35.9 Å². The predicted molar refractivity (Wildman–Crippen MR) is 73.2 cm³/mol. The lowest BCUT2D eigenvalue weighted by atomic mass is 10.0. The fourth-order valence-corrected chi connectivity index (χ4v) is 1.54. The van der Waals surface area contributed by atoms with Gasteiger partial charge in [0.15, 0.2) is 0 Å². The quantitative estimate of drug-likeness (QED) is 0.825. The third kappa shape index (κ3) is 4.67. The molecule has 0 heterocycles. The summed E-state index contributed by atoms with van der Waals surface area (Å²) in [6, 6.07) is 5.62. The van der Waals surface area contributed by atoms with Crippen LogP contribution in [0.1, 0.15) is 24.9 Å². The highest BCUT2D eigenvalue weighted by Crippen LogP contribution is 2.27. The number of hydrogen-bond acceptors (Lipinski definition) is 3. The highest BCUT2D eigenvalue weighted by Gasteiger charge is 2.09. The van der Waals surface area contributed by atoms with Crippen LogP contribution in [0.15, 0.2) is 30.4 Å². The summed E-state index contributed by atoms with van der Waals surface area (Å²) in [6.45, 7) is 5.83. The van der Waals surface area contributed by atoms with Gasteiger partial charge in [0.05, 0.1) is 14.2 Å². The highest BCUT2D eigenvalue weighted by atomic mass is 35.5. The molecule has 0 aromatic heterocycles. The van der Waals surface area contributed by atoms with Gasteiger partial charge >= 0.3 is 0 Å². The molecule has 3 nitrogen and oxygen atoms in total. The van der Waals surface area contributed by atoms with Crippen molar-refractivity contribution >= 4 is 12.4 Å². The van der Waals surface area contributed by atoms with Crippen LogP contribution in [0.4, 0.5) is 0 Å². The molecule has 0 radical (unpaired) electrons. The van der Waals surface area contributed by atoms with Crippen LogP contribution in [0.5, 0.6) is 11.5 Å². The molecule has 17 heavy (non-hydrogen) atoms. The first kappa shape index (κ1) is 15.8. The molecule has 0 amide bonds. The maximum Gasteiger partial charge on any atom is 0.122 e. The molecule has 0 spiro atoms. The van der Waals surface area contributed by atoms with Gasteiger partial charge in [-0.3, -0.25) is 0 Å². The Balaban J connectivity index is 0.00000256. The Bertz CT molecular complexity index is 357. The summed E-state index contributed by atoms with van der Waals surface area (Å²) in [5.74, 6) is 1.51. The highest BCUT2D eigenvalue weighted by molar-refractivity contribution is 5.85. The fraction of sp³-hybridized carbons (Fsp3) is 0.385. The number of ether oxygens (including phenoxy) is 2. The smallest absolute Gasteiger partial charge is 0.122 e. The van der Waals surface area contributed by atoms with E-state index in [0.717, 1.165) is 29.1 Å². The molecule has 4 heteroatoms. The Labute approximate surface area is 109 Å². The van der Waals surface area contributed by atoms with Gasteiger partial charge < -0.3 is 15.2 Å². The molecule has 1 aromatic rings. The van der Waals surface area contributed by atoms with Crippen molar-refractivity contribution in [2.45, 2.75) is 19.4 Å². The lowest BCUT2D eigenvalue weighted by molar-refractivity contribution is 0.392. The first-order valence-electron chi connectivity index (χ1n) is 5.19. The minimum Gasteiger partial charge on any atom is -0.497 e. The Morgan fingerprint density at radius 2 is 1.71 bits per heavy atom. The molecule has 1 atom stereocenters. The zero-order chi connectivity index (χ0) is 12.1. The fourth-order valence-electron chi connectivity index (χ4n) is 1.54. The van der Waals surface area contributed by atoms with Crippen molar-refractivity contribution in [2.24, 2.45) is 5.73 Å². The summed E-state index contributed by atoms with van der Waals surface area (Å²) in [7, 11) is 3.26. The second kappa shape index (κ2) is 7.20. The molecule has 1 rings (SSSR count). The Morgan fingerprint density at radius 1 is 1.24 bits per heavy atom. The van der Waals surface area contributed by atoms with Gasteiger partial charge in [-0.25, -0.2) is 0 Å². The first-order chi connectivity index (χ1) is 7.56. The molecule has 0 aliphatic rings. The standard InChI is InChI=1S/C13H19NO2.ClH/c1-9(2)5-13(14)10-6-11(15-3)8-12(7-10)16-4;/h6-8,13H,1,5,14H2,2-4H3;1H/t13-;/m1./s1. The summed E-state index contributed by atoms with van der Waals surface area (Å²) >= 11 is 0. The minimum atomic E-state index is -0.0681. The zero-order valence-electron chi connectivity index (χ0n) is 10.5. The first-order valence-corrected chi connectivity index (χ1v) is 5.19. The molecule has 0 saturated heterocycles. The maximum atomic E-state index is 6.07. The number of benzene rings is 1. The SMILES string of the molecule is C=C(C)C[C@@H](N)c1cc(OC)cc(OC)c1.Cl. The van der Waals surface area contributed by atoms with E-state index >= 15 is 0 Å². The summed E-state index contributed by atoms with van der Waals surface area (Å²) < 4.78 is 10.4. The number of methoxy groups -OCH3 is 2. The summed E-state index contributed by atoms with van der Waals surface area (Å²) in [4.78, 5) is 0. The van der Waals surface area contributed by atoms with Gasteiger partial charge in [0.25, 0.3) is 0 Å². The Kier molecular flexibility index (Phi) is 6.69. The van der Waals surface area contributed by atoms with E-state index in [1.54, 1.807) is 14.2 Å². The molecule has 0 aliphatic heterocycles. The van der Waals surface area contributed by atoms with E-state index in [9.17, 15) is 0 Å². The van der Waals surface area contributed by atoms with Crippen LogP contribution in [0.3, 0.4) is 0 Å². The van der Waals surface area contributed by atoms with E-state index in [-0.39, 0.29) is 18.4 Å². The van der Waals surface area contributed by atoms with E-state index in [1.165, 1.54) is 0 Å². The van der Waals surface area contributed by atoms with E-state index in [2.05, 4.69) is 6.58 Å². The van der Waals surface area contributed by atoms with Gasteiger partial charge in [-0.1, -0.05) is 5.57 Å². The zero-order valence-corrected chi connectivity index (χ0v) is 11.3. The third-order valence-corrected chi connectivity index (χ3v) is 2.37. The van der Waals surface area contributed by atoms with Gasteiger partial charge in [0.1, 0.15) is 11.5 Å². The van der Waals surface area contributed by atoms with E-state index in [0.29, 0.717) is 0 Å². The topological polar surface area (TPSA) is 44.5 Å². The number of hydrogen-bond donors (Lipinski definition) is 1. The number of halogens is 1. The normalized spacial score (nSPS) is 11.3. The van der Waals surface area contributed by atoms with Crippen LogP contribution in [-0.4, -0.2) is 14.2 Å². The maximum absolute atomic E-state index is 6.07. The largest absolute Gasteiger partial charge is 0.497 e. The molecule has 2 N–H and O–H groups in total. The van der Waals surface area contributed by atoms with Crippen molar-refractivity contribution in [3.8, 4) is 11.5 Å². The summed E-state index contributed by atoms with van der Waals surface area (Å²) in [5, 5.41) is 0. The molecule has 0 unspecified atom stereocenters. The Hall–Kier alpha value is -1.19. The summed E-state index contributed by atoms with van der Waals surface area (Å²) in [5.41, 5.74) is 8.13. The van der Waals surface area contributed by atoms with Crippen LogP contribution in [0, 0.1) is 0 Å². The van der Waals surface area contributed by atoms with Gasteiger partial charge in [0.2, 0.25) is 0 Å². The van der Waals surface area contributed by atoms with Crippen molar-refractivity contribution < 1.29 is 9.47 Å². The van der Waals surface area contributed by atoms with Gasteiger partial charge in [-0.15, -0.1) is 19.0 Å². The van der Waals surface area contributed by atoms with Gasteiger partial charge in [-0.05, 0) is 31.0 Å². The summed E-state index contributed by atoms with van der Waals surface area (Å²) in [6.07, 6.45) is 0.760. The van der Waals surface area contributed by atoms with E-state index in [1.807, 2.05) is 25.1 Å². The van der Waals surface area contributed by atoms with Gasteiger partial charge in [0, 0.05) is 12.1 Å². The number of nitrogens with two attached hydrogens (primary N) is 1. The van der Waals surface area contributed by atoms with E-state index < -0.39 is 0 Å².